The summed E-state index contributed by atoms with van der Waals surface area (Å²) in [5.41, 5.74) is -3.05. The van der Waals surface area contributed by atoms with Gasteiger partial charge in [0.05, 0.1) is 17.2 Å². The maximum atomic E-state index is 12.8. The van der Waals surface area contributed by atoms with E-state index >= 15 is 0 Å². The van der Waals surface area contributed by atoms with Crippen molar-refractivity contribution in [2.24, 2.45) is 0 Å². The summed E-state index contributed by atoms with van der Waals surface area (Å²) < 4.78 is 81.6. The number of amides is 1. The van der Waals surface area contributed by atoms with Crippen molar-refractivity contribution in [2.45, 2.75) is 38.3 Å². The molecule has 1 atom stereocenters. The molecule has 0 bridgehead atoms. The number of cyclic esters (lactones) is 1. The minimum atomic E-state index is -4.91. The maximum absolute atomic E-state index is 12.8. The second kappa shape index (κ2) is 5.93. The smallest absolute Gasteiger partial charge is 0.416 e. The second-order valence-corrected chi connectivity index (χ2v) is 5.18. The number of carbonyl (C=O) groups excluding carboxylic acids is 1. The van der Waals surface area contributed by atoms with Gasteiger partial charge in [-0.1, -0.05) is 6.92 Å². The molecule has 1 aliphatic heterocycles. The Morgan fingerprint density at radius 2 is 1.61 bits per heavy atom. The number of benzene rings is 1. The lowest BCUT2D eigenvalue weighted by atomic mass is 10.0. The molecule has 1 aromatic carbocycles. The highest BCUT2D eigenvalue weighted by atomic mass is 19.4. The molecule has 0 radical (unpaired) electrons. The molecule has 0 saturated carbocycles. The van der Waals surface area contributed by atoms with E-state index in [4.69, 9.17) is 4.74 Å². The van der Waals surface area contributed by atoms with Crippen LogP contribution < -0.4 is 0 Å². The first-order valence-electron chi connectivity index (χ1n) is 6.74. The van der Waals surface area contributed by atoms with E-state index in [0.29, 0.717) is 18.6 Å². The topological polar surface area (TPSA) is 29.5 Å². The summed E-state index contributed by atoms with van der Waals surface area (Å²) in [4.78, 5) is 12.7. The molecule has 23 heavy (non-hydrogen) atoms. The van der Waals surface area contributed by atoms with Crippen molar-refractivity contribution in [2.75, 3.05) is 6.61 Å². The summed E-state index contributed by atoms with van der Waals surface area (Å²) in [7, 11) is 0. The summed E-state index contributed by atoms with van der Waals surface area (Å²) in [5, 5.41) is 0. The standard InChI is InChI=1S/C14H13F6NO2/c1-2-11-7-23-12(22)21(11)6-8-3-9(13(15,16)17)5-10(4-8)14(18,19)20/h3-5,11H,2,6-7H2,1H3. The normalized spacial score (nSPS) is 19.2. The molecule has 2 rings (SSSR count). The van der Waals surface area contributed by atoms with E-state index in [-0.39, 0.29) is 30.8 Å². The van der Waals surface area contributed by atoms with Crippen LogP contribution in [0.5, 0.6) is 0 Å². The Bertz CT molecular complexity index is 564. The molecule has 1 heterocycles. The summed E-state index contributed by atoms with van der Waals surface area (Å²) in [6.07, 6.45) is -10.1. The molecular weight excluding hydrogens is 328 g/mol. The predicted molar refractivity (Wildman–Crippen MR) is 67.4 cm³/mol. The number of alkyl halides is 6. The van der Waals surface area contributed by atoms with Crippen LogP contribution in [0.1, 0.15) is 30.0 Å². The monoisotopic (exact) mass is 341 g/mol. The van der Waals surface area contributed by atoms with Gasteiger partial charge in [-0.05, 0) is 30.2 Å². The van der Waals surface area contributed by atoms with Crippen molar-refractivity contribution in [3.8, 4) is 0 Å². The van der Waals surface area contributed by atoms with E-state index in [2.05, 4.69) is 0 Å². The van der Waals surface area contributed by atoms with Gasteiger partial charge in [0.2, 0.25) is 0 Å². The Labute approximate surface area is 127 Å². The van der Waals surface area contributed by atoms with Crippen LogP contribution in [0.4, 0.5) is 31.1 Å². The van der Waals surface area contributed by atoms with Crippen molar-refractivity contribution in [1.82, 2.24) is 4.90 Å². The van der Waals surface area contributed by atoms with Gasteiger partial charge in [0.15, 0.2) is 0 Å². The Kier molecular flexibility index (Phi) is 4.50. The number of hydrogen-bond donors (Lipinski definition) is 0. The van der Waals surface area contributed by atoms with Crippen LogP contribution in [-0.2, 0) is 23.6 Å². The fourth-order valence-electron chi connectivity index (χ4n) is 2.33. The van der Waals surface area contributed by atoms with Gasteiger partial charge < -0.3 is 4.74 Å². The third kappa shape index (κ3) is 3.89. The zero-order chi connectivity index (χ0) is 17.4. The molecular formula is C14H13F6NO2. The Morgan fingerprint density at radius 3 is 2.04 bits per heavy atom. The molecule has 1 aliphatic rings. The summed E-state index contributed by atoms with van der Waals surface area (Å²) >= 11 is 0. The molecule has 1 aromatic rings. The number of ether oxygens (including phenoxy) is 1. The molecule has 0 aliphatic carbocycles. The molecule has 1 saturated heterocycles. The van der Waals surface area contributed by atoms with E-state index in [0.717, 1.165) is 4.90 Å². The molecule has 1 amide bonds. The van der Waals surface area contributed by atoms with E-state index in [9.17, 15) is 31.1 Å². The molecule has 0 spiro atoms. The Hall–Kier alpha value is -1.93. The Balaban J connectivity index is 2.39. The van der Waals surface area contributed by atoms with Crippen LogP contribution >= 0.6 is 0 Å². The van der Waals surface area contributed by atoms with Gasteiger partial charge in [-0.3, -0.25) is 4.90 Å². The lowest BCUT2D eigenvalue weighted by molar-refractivity contribution is -0.143. The third-order valence-electron chi connectivity index (χ3n) is 3.55. The molecule has 128 valence electrons. The average Bonchev–Trinajstić information content (AvgIpc) is 2.77. The number of hydrogen-bond acceptors (Lipinski definition) is 2. The fraction of sp³-hybridized carbons (Fsp3) is 0.500. The van der Waals surface area contributed by atoms with Crippen LogP contribution in [0.15, 0.2) is 18.2 Å². The van der Waals surface area contributed by atoms with Crippen LogP contribution in [-0.4, -0.2) is 23.6 Å². The minimum absolute atomic E-state index is 0.0586. The van der Waals surface area contributed by atoms with Crippen molar-refractivity contribution in [3.05, 3.63) is 34.9 Å². The highest BCUT2D eigenvalue weighted by Gasteiger charge is 2.38. The molecule has 9 heteroatoms. The first-order valence-corrected chi connectivity index (χ1v) is 6.74. The van der Waals surface area contributed by atoms with Crippen LogP contribution in [0.25, 0.3) is 0 Å². The van der Waals surface area contributed by atoms with Gasteiger partial charge >= 0.3 is 18.4 Å². The highest BCUT2D eigenvalue weighted by Crippen LogP contribution is 2.36. The quantitative estimate of drug-likeness (QED) is 0.760. The van der Waals surface area contributed by atoms with Crippen molar-refractivity contribution < 1.29 is 35.9 Å². The molecule has 0 N–H and O–H groups in total. The number of rotatable bonds is 3. The van der Waals surface area contributed by atoms with E-state index < -0.39 is 29.6 Å². The predicted octanol–water partition coefficient (Wildman–Crippen LogP) is 4.46. The maximum Gasteiger partial charge on any atom is 0.416 e. The number of carbonyl (C=O) groups is 1. The van der Waals surface area contributed by atoms with Gasteiger partial charge in [-0.2, -0.15) is 26.3 Å². The SMILES string of the molecule is CCC1COC(=O)N1Cc1cc(C(F)(F)F)cc(C(F)(F)F)c1. The van der Waals surface area contributed by atoms with E-state index in [1.54, 1.807) is 6.92 Å². The van der Waals surface area contributed by atoms with Crippen LogP contribution in [0, 0.1) is 0 Å². The van der Waals surface area contributed by atoms with Crippen molar-refractivity contribution in [1.29, 1.82) is 0 Å². The van der Waals surface area contributed by atoms with E-state index in [1.807, 2.05) is 0 Å². The summed E-state index contributed by atoms with van der Waals surface area (Å²) in [5.74, 6) is 0. The highest BCUT2D eigenvalue weighted by molar-refractivity contribution is 5.70. The lowest BCUT2D eigenvalue weighted by Gasteiger charge is -2.21. The Morgan fingerprint density at radius 1 is 1.09 bits per heavy atom. The fourth-order valence-corrected chi connectivity index (χ4v) is 2.33. The lowest BCUT2D eigenvalue weighted by Crippen LogP contribution is -2.32. The molecule has 1 unspecified atom stereocenters. The zero-order valence-corrected chi connectivity index (χ0v) is 12.0. The van der Waals surface area contributed by atoms with Crippen LogP contribution in [0.2, 0.25) is 0 Å². The van der Waals surface area contributed by atoms with Gasteiger partial charge in [-0.15, -0.1) is 0 Å². The van der Waals surface area contributed by atoms with Gasteiger partial charge in [0.1, 0.15) is 6.61 Å². The first-order chi connectivity index (χ1) is 10.5. The first kappa shape index (κ1) is 17.4. The minimum Gasteiger partial charge on any atom is -0.447 e. The van der Waals surface area contributed by atoms with E-state index in [1.165, 1.54) is 0 Å². The molecule has 0 aromatic heterocycles. The average molecular weight is 341 g/mol. The zero-order valence-electron chi connectivity index (χ0n) is 12.0. The largest absolute Gasteiger partial charge is 0.447 e. The summed E-state index contributed by atoms with van der Waals surface area (Å²) in [6.45, 7) is 1.44. The number of halogens is 6. The van der Waals surface area contributed by atoms with Crippen molar-refractivity contribution >= 4 is 6.09 Å². The van der Waals surface area contributed by atoms with Gasteiger partial charge in [0, 0.05) is 6.54 Å². The third-order valence-corrected chi connectivity index (χ3v) is 3.55. The van der Waals surface area contributed by atoms with Crippen LogP contribution in [0.3, 0.4) is 0 Å². The van der Waals surface area contributed by atoms with Gasteiger partial charge in [0.25, 0.3) is 0 Å². The molecule has 3 nitrogen and oxygen atoms in total. The second-order valence-electron chi connectivity index (χ2n) is 5.18. The summed E-state index contributed by atoms with van der Waals surface area (Å²) in [6, 6.07) is 0.927. The molecule has 1 fully saturated rings. The number of nitrogens with zero attached hydrogens (tertiary/aromatic N) is 1. The van der Waals surface area contributed by atoms with Crippen molar-refractivity contribution in [3.63, 3.8) is 0 Å². The van der Waals surface area contributed by atoms with Gasteiger partial charge in [-0.25, -0.2) is 4.79 Å².